The van der Waals surface area contributed by atoms with E-state index in [1.165, 1.54) is 143 Å². The molecule has 0 aliphatic heterocycles. The lowest BCUT2D eigenvalue weighted by molar-refractivity contribution is 0.803. The summed E-state index contributed by atoms with van der Waals surface area (Å²) in [6, 6.07) is 91.5. The van der Waals surface area contributed by atoms with Crippen LogP contribution in [0, 0.1) is 0 Å². The van der Waals surface area contributed by atoms with Crippen LogP contribution in [0.15, 0.2) is 243 Å². The van der Waals surface area contributed by atoms with Gasteiger partial charge in [-0.25, -0.2) is 0 Å². The smallest absolute Gasteiger partial charge is 0.0619 e. The minimum Gasteiger partial charge on any atom is -0.0619 e. The zero-order valence-electron chi connectivity index (χ0n) is 36.6. The van der Waals surface area contributed by atoms with Gasteiger partial charge in [0.25, 0.3) is 0 Å². The van der Waals surface area contributed by atoms with Crippen molar-refractivity contribution in [1.82, 2.24) is 0 Å². The van der Waals surface area contributed by atoms with Crippen LogP contribution in [0.4, 0.5) is 0 Å². The first-order valence-electron chi connectivity index (χ1n) is 23.5. The summed E-state index contributed by atoms with van der Waals surface area (Å²) in [5.41, 5.74) is 17.8. The lowest BCUT2D eigenvalue weighted by atomic mass is 9.69. The van der Waals surface area contributed by atoms with Crippen LogP contribution in [0.25, 0.3) is 120 Å². The van der Waals surface area contributed by atoms with Gasteiger partial charge in [-0.05, 0) is 173 Å². The number of benzene rings is 13. The highest BCUT2D eigenvalue weighted by Crippen LogP contribution is 2.66. The summed E-state index contributed by atoms with van der Waals surface area (Å²) < 4.78 is 0. The molecular weight excluding hydrogens is 805 g/mol. The Bertz CT molecular complexity index is 4180. The predicted octanol–water partition coefficient (Wildman–Crippen LogP) is 18.0. The standard InChI is InChI=1S/C67H40/c1-2-17-42-36-47(35-32-41(42)16-1)64-56-27-8-6-25-54(56)63(55-26-7-9-28-57(55)64)46-19-15-18-43(37-46)44-33-34-45-39-59-62(40-48(45)38-44)67(60-30-13-11-22-51(60)52-23-12-14-31-61(52)67)66-58-29-10-4-21-50(58)49-20-3-5-24-53(49)65(59)66/h1-40H. The summed E-state index contributed by atoms with van der Waals surface area (Å²) >= 11 is 0. The van der Waals surface area contributed by atoms with E-state index in [-0.39, 0.29) is 0 Å². The van der Waals surface area contributed by atoms with E-state index >= 15 is 0 Å². The van der Waals surface area contributed by atoms with E-state index < -0.39 is 5.41 Å². The minimum absolute atomic E-state index is 0.479. The summed E-state index contributed by atoms with van der Waals surface area (Å²) in [4.78, 5) is 0. The van der Waals surface area contributed by atoms with Gasteiger partial charge in [0.2, 0.25) is 0 Å². The van der Waals surface area contributed by atoms with Crippen molar-refractivity contribution in [1.29, 1.82) is 0 Å². The van der Waals surface area contributed by atoms with Crippen molar-refractivity contribution < 1.29 is 0 Å². The minimum atomic E-state index is -0.479. The normalized spacial score (nSPS) is 13.2. The molecule has 308 valence electrons. The molecule has 67 heavy (non-hydrogen) atoms. The Morgan fingerprint density at radius 2 is 0.642 bits per heavy atom. The van der Waals surface area contributed by atoms with Gasteiger partial charge in [0.15, 0.2) is 0 Å². The summed E-state index contributed by atoms with van der Waals surface area (Å²) in [7, 11) is 0. The largest absolute Gasteiger partial charge is 0.0731 e. The van der Waals surface area contributed by atoms with E-state index in [0.29, 0.717) is 0 Å². The molecule has 1 spiro atoms. The molecule has 0 heterocycles. The fourth-order valence-electron chi connectivity index (χ4n) is 12.7. The quantitative estimate of drug-likeness (QED) is 0.123. The second-order valence-electron chi connectivity index (χ2n) is 18.6. The number of hydrogen-bond donors (Lipinski definition) is 0. The van der Waals surface area contributed by atoms with Gasteiger partial charge in [-0.15, -0.1) is 0 Å². The lowest BCUT2D eigenvalue weighted by Crippen LogP contribution is -2.26. The highest BCUT2D eigenvalue weighted by atomic mass is 14.5. The van der Waals surface area contributed by atoms with Crippen molar-refractivity contribution in [3.8, 4) is 55.6 Å². The van der Waals surface area contributed by atoms with Gasteiger partial charge in [-0.2, -0.15) is 0 Å². The first kappa shape index (κ1) is 36.7. The molecule has 13 aromatic carbocycles. The van der Waals surface area contributed by atoms with Crippen molar-refractivity contribution in [2.45, 2.75) is 5.41 Å². The van der Waals surface area contributed by atoms with Gasteiger partial charge >= 0.3 is 0 Å². The summed E-state index contributed by atoms with van der Waals surface area (Å²) in [5, 5.41) is 15.3. The topological polar surface area (TPSA) is 0 Å². The molecule has 15 rings (SSSR count). The SMILES string of the molecule is c1cc(-c2ccc3cc4c(cc3c2)C2(c3ccccc3-c3ccccc32)c2c-4c3ccccc3c3ccccc23)cc(-c2c3ccccc3c(-c3ccc4ccccc4c3)c3ccccc23)c1. The Balaban J connectivity index is 0.952. The number of rotatable bonds is 3. The van der Waals surface area contributed by atoms with Gasteiger partial charge in [-0.1, -0.05) is 212 Å². The van der Waals surface area contributed by atoms with Crippen LogP contribution in [-0.2, 0) is 5.41 Å². The third kappa shape index (κ3) is 4.97. The molecule has 0 heteroatoms. The maximum atomic E-state index is 2.55. The number of fused-ring (bicyclic) bond motifs is 19. The van der Waals surface area contributed by atoms with E-state index in [1.807, 2.05) is 0 Å². The van der Waals surface area contributed by atoms with Gasteiger partial charge in [-0.3, -0.25) is 0 Å². The van der Waals surface area contributed by atoms with Crippen molar-refractivity contribution in [3.05, 3.63) is 265 Å². The van der Waals surface area contributed by atoms with Gasteiger partial charge in [0.05, 0.1) is 5.41 Å². The second-order valence-corrected chi connectivity index (χ2v) is 18.6. The molecule has 0 aromatic heterocycles. The summed E-state index contributed by atoms with van der Waals surface area (Å²) in [5.74, 6) is 0. The average Bonchev–Trinajstić information content (AvgIpc) is 3.86. The number of hydrogen-bond acceptors (Lipinski definition) is 0. The van der Waals surface area contributed by atoms with E-state index in [9.17, 15) is 0 Å². The monoisotopic (exact) mass is 844 g/mol. The molecule has 0 radical (unpaired) electrons. The Kier molecular flexibility index (Phi) is 7.52. The molecule has 2 aliphatic carbocycles. The van der Waals surface area contributed by atoms with Crippen LogP contribution in [0.2, 0.25) is 0 Å². The van der Waals surface area contributed by atoms with Crippen molar-refractivity contribution in [2.24, 2.45) is 0 Å². The molecule has 0 nitrogen and oxygen atoms in total. The van der Waals surface area contributed by atoms with Crippen molar-refractivity contribution >= 4 is 64.6 Å². The highest BCUT2D eigenvalue weighted by Gasteiger charge is 2.53. The Morgan fingerprint density at radius 1 is 0.209 bits per heavy atom. The van der Waals surface area contributed by atoms with Crippen LogP contribution in [0.3, 0.4) is 0 Å². The Labute approximate surface area is 388 Å². The van der Waals surface area contributed by atoms with Crippen molar-refractivity contribution in [3.63, 3.8) is 0 Å². The van der Waals surface area contributed by atoms with E-state index in [2.05, 4.69) is 243 Å². The molecule has 0 unspecified atom stereocenters. The Hall–Kier alpha value is -8.58. The molecule has 0 saturated carbocycles. The van der Waals surface area contributed by atoms with Gasteiger partial charge in [0.1, 0.15) is 0 Å². The fourth-order valence-corrected chi connectivity index (χ4v) is 12.7. The summed E-state index contributed by atoms with van der Waals surface area (Å²) in [6.45, 7) is 0. The molecule has 2 aliphatic rings. The zero-order valence-corrected chi connectivity index (χ0v) is 36.6. The molecule has 13 aromatic rings. The molecule has 0 N–H and O–H groups in total. The predicted molar refractivity (Wildman–Crippen MR) is 284 cm³/mol. The zero-order chi connectivity index (χ0) is 43.8. The first-order valence-corrected chi connectivity index (χ1v) is 23.5. The third-order valence-electron chi connectivity index (χ3n) is 15.4. The molecule has 0 atom stereocenters. The molecule has 0 bridgehead atoms. The van der Waals surface area contributed by atoms with Crippen molar-refractivity contribution in [2.75, 3.05) is 0 Å². The Morgan fingerprint density at radius 3 is 1.30 bits per heavy atom. The van der Waals surface area contributed by atoms with Crippen LogP contribution in [0.5, 0.6) is 0 Å². The fraction of sp³-hybridized carbons (Fsp3) is 0.0149. The first-order chi connectivity index (χ1) is 33.2. The maximum Gasteiger partial charge on any atom is 0.0731 e. The summed E-state index contributed by atoms with van der Waals surface area (Å²) in [6.07, 6.45) is 0. The third-order valence-corrected chi connectivity index (χ3v) is 15.4. The van der Waals surface area contributed by atoms with Crippen LogP contribution >= 0.6 is 0 Å². The molecular formula is C67H40. The van der Waals surface area contributed by atoms with Gasteiger partial charge in [0, 0.05) is 0 Å². The van der Waals surface area contributed by atoms with Crippen LogP contribution in [0.1, 0.15) is 22.3 Å². The van der Waals surface area contributed by atoms with Crippen LogP contribution in [-0.4, -0.2) is 0 Å². The highest BCUT2D eigenvalue weighted by molar-refractivity contribution is 6.23. The van der Waals surface area contributed by atoms with Gasteiger partial charge < -0.3 is 0 Å². The van der Waals surface area contributed by atoms with Crippen LogP contribution < -0.4 is 0 Å². The second kappa shape index (κ2) is 13.7. The lowest BCUT2D eigenvalue weighted by Gasteiger charge is -2.32. The maximum absolute atomic E-state index is 2.55. The van der Waals surface area contributed by atoms with E-state index in [1.54, 1.807) is 0 Å². The molecule has 0 amide bonds. The van der Waals surface area contributed by atoms with E-state index in [0.717, 1.165) is 0 Å². The average molecular weight is 845 g/mol. The van der Waals surface area contributed by atoms with E-state index in [4.69, 9.17) is 0 Å². The molecule has 0 fully saturated rings. The molecule has 0 saturated heterocycles.